The van der Waals surface area contributed by atoms with Crippen LogP contribution in [-0.2, 0) is 4.79 Å². The van der Waals surface area contributed by atoms with Crippen molar-refractivity contribution in [1.82, 2.24) is 15.0 Å². The van der Waals surface area contributed by atoms with Crippen LogP contribution in [-0.4, -0.2) is 33.9 Å². The van der Waals surface area contributed by atoms with E-state index in [9.17, 15) is 4.79 Å². The number of nitrogens with zero attached hydrogens (tertiary/aromatic N) is 4. The number of nitrogens with one attached hydrogen (secondary N) is 1. The van der Waals surface area contributed by atoms with E-state index in [1.165, 1.54) is 11.3 Å². The third kappa shape index (κ3) is 3.85. The molecule has 1 atom stereocenters. The number of amides is 1. The predicted molar refractivity (Wildman–Crippen MR) is 91.9 cm³/mol. The number of aryl methyl sites for hydroxylation is 3. The molecule has 2 aromatic rings. The van der Waals surface area contributed by atoms with Crippen LogP contribution in [0.3, 0.4) is 0 Å². The van der Waals surface area contributed by atoms with Crippen LogP contribution in [0.15, 0.2) is 11.4 Å². The lowest BCUT2D eigenvalue weighted by Gasteiger charge is -2.32. The Balaban J connectivity index is 1.69. The Kier molecular flexibility index (Phi) is 4.56. The summed E-state index contributed by atoms with van der Waals surface area (Å²) < 4.78 is 0. The average Bonchev–Trinajstić information content (AvgIpc) is 2.91. The fraction of sp³-hybridized carbons (Fsp3) is 0.500. The summed E-state index contributed by atoms with van der Waals surface area (Å²) in [4.78, 5) is 27.9. The van der Waals surface area contributed by atoms with Gasteiger partial charge in [-0.15, -0.1) is 11.3 Å². The number of hydrogen-bond donors (Lipinski definition) is 1. The number of carbonyl (C=O) groups is 1. The van der Waals surface area contributed by atoms with Gasteiger partial charge in [0.15, 0.2) is 5.13 Å². The topological polar surface area (TPSA) is 71.0 Å². The summed E-state index contributed by atoms with van der Waals surface area (Å²) in [5.74, 6) is 0.705. The minimum Gasteiger partial charge on any atom is -0.340 e. The van der Waals surface area contributed by atoms with E-state index in [-0.39, 0.29) is 11.8 Å². The molecule has 0 aliphatic carbocycles. The first-order valence-electron chi connectivity index (χ1n) is 7.81. The van der Waals surface area contributed by atoms with E-state index in [0.717, 1.165) is 42.4 Å². The van der Waals surface area contributed by atoms with E-state index in [2.05, 4.69) is 25.2 Å². The Bertz CT molecular complexity index is 694. The van der Waals surface area contributed by atoms with Gasteiger partial charge in [0, 0.05) is 29.9 Å². The number of piperidine rings is 1. The van der Waals surface area contributed by atoms with Gasteiger partial charge in [-0.3, -0.25) is 4.79 Å². The fourth-order valence-electron chi connectivity index (χ4n) is 2.84. The van der Waals surface area contributed by atoms with Gasteiger partial charge in [-0.05, 0) is 39.7 Å². The van der Waals surface area contributed by atoms with Gasteiger partial charge < -0.3 is 10.2 Å². The van der Waals surface area contributed by atoms with Gasteiger partial charge >= 0.3 is 0 Å². The number of aromatic nitrogens is 3. The maximum Gasteiger partial charge on any atom is 0.231 e. The molecule has 6 nitrogen and oxygen atoms in total. The maximum absolute atomic E-state index is 12.5. The minimum atomic E-state index is -0.0580. The summed E-state index contributed by atoms with van der Waals surface area (Å²) in [5, 5.41) is 5.54. The predicted octanol–water partition coefficient (Wildman–Crippen LogP) is 2.71. The smallest absolute Gasteiger partial charge is 0.231 e. The van der Waals surface area contributed by atoms with E-state index in [1.54, 1.807) is 0 Å². The first-order chi connectivity index (χ1) is 11.0. The van der Waals surface area contributed by atoms with Crippen molar-refractivity contribution in [3.8, 4) is 0 Å². The van der Waals surface area contributed by atoms with Gasteiger partial charge in [-0.2, -0.15) is 0 Å². The molecule has 1 N–H and O–H groups in total. The van der Waals surface area contributed by atoms with Gasteiger partial charge in [0.2, 0.25) is 11.9 Å². The Morgan fingerprint density at radius 2 is 1.96 bits per heavy atom. The molecule has 0 aromatic carbocycles. The Labute approximate surface area is 140 Å². The highest BCUT2D eigenvalue weighted by Gasteiger charge is 2.27. The van der Waals surface area contributed by atoms with Crippen LogP contribution < -0.4 is 10.2 Å². The monoisotopic (exact) mass is 331 g/mol. The molecule has 0 radical (unpaired) electrons. The fourth-order valence-corrected chi connectivity index (χ4v) is 3.53. The lowest BCUT2D eigenvalue weighted by molar-refractivity contribution is -0.120. The Morgan fingerprint density at radius 1 is 1.22 bits per heavy atom. The first kappa shape index (κ1) is 15.9. The second-order valence-corrected chi connectivity index (χ2v) is 6.88. The van der Waals surface area contributed by atoms with E-state index in [1.807, 2.05) is 32.2 Å². The molecule has 1 fully saturated rings. The lowest BCUT2D eigenvalue weighted by atomic mass is 9.97. The van der Waals surface area contributed by atoms with Crippen molar-refractivity contribution in [3.05, 3.63) is 28.5 Å². The van der Waals surface area contributed by atoms with Crippen molar-refractivity contribution in [3.63, 3.8) is 0 Å². The minimum absolute atomic E-state index is 0.0356. The average molecular weight is 331 g/mol. The second-order valence-electron chi connectivity index (χ2n) is 6.02. The van der Waals surface area contributed by atoms with Crippen molar-refractivity contribution in [2.24, 2.45) is 5.92 Å². The van der Waals surface area contributed by atoms with Crippen LogP contribution in [0.2, 0.25) is 0 Å². The lowest BCUT2D eigenvalue weighted by Crippen LogP contribution is -2.41. The van der Waals surface area contributed by atoms with E-state index in [4.69, 9.17) is 0 Å². The molecule has 1 amide bonds. The van der Waals surface area contributed by atoms with Crippen LogP contribution in [0.25, 0.3) is 0 Å². The highest BCUT2D eigenvalue weighted by atomic mass is 32.1. The number of hydrogen-bond acceptors (Lipinski definition) is 6. The largest absolute Gasteiger partial charge is 0.340 e. The molecule has 0 bridgehead atoms. The summed E-state index contributed by atoms with van der Waals surface area (Å²) in [5.41, 5.74) is 2.84. The normalized spacial score (nSPS) is 18.0. The molecule has 1 aliphatic rings. The zero-order valence-electron chi connectivity index (χ0n) is 13.7. The second kappa shape index (κ2) is 6.62. The van der Waals surface area contributed by atoms with Crippen molar-refractivity contribution < 1.29 is 4.79 Å². The molecule has 2 aromatic heterocycles. The van der Waals surface area contributed by atoms with E-state index < -0.39 is 0 Å². The Hall–Kier alpha value is -2.02. The molecule has 1 aliphatic heterocycles. The molecule has 1 saturated heterocycles. The van der Waals surface area contributed by atoms with Crippen LogP contribution >= 0.6 is 11.3 Å². The maximum atomic E-state index is 12.5. The Morgan fingerprint density at radius 3 is 2.61 bits per heavy atom. The van der Waals surface area contributed by atoms with Gasteiger partial charge in [-0.1, -0.05) is 0 Å². The molecular weight excluding hydrogens is 310 g/mol. The summed E-state index contributed by atoms with van der Waals surface area (Å²) in [6.45, 7) is 7.41. The van der Waals surface area contributed by atoms with Crippen LogP contribution in [0.5, 0.6) is 0 Å². The van der Waals surface area contributed by atoms with E-state index >= 15 is 0 Å². The molecule has 23 heavy (non-hydrogen) atoms. The summed E-state index contributed by atoms with van der Waals surface area (Å²) in [7, 11) is 0. The van der Waals surface area contributed by atoms with Gasteiger partial charge in [0.05, 0.1) is 11.6 Å². The number of anilines is 2. The number of thiazole rings is 1. The molecular formula is C16H21N5OS. The molecule has 0 saturated carbocycles. The van der Waals surface area contributed by atoms with Crippen molar-refractivity contribution in [2.75, 3.05) is 23.3 Å². The number of rotatable bonds is 3. The van der Waals surface area contributed by atoms with Gasteiger partial charge in [0.1, 0.15) is 0 Å². The summed E-state index contributed by atoms with van der Waals surface area (Å²) in [6, 6.07) is 1.96. The van der Waals surface area contributed by atoms with Crippen molar-refractivity contribution in [1.29, 1.82) is 0 Å². The molecule has 3 heterocycles. The zero-order valence-corrected chi connectivity index (χ0v) is 14.5. The molecule has 7 heteroatoms. The van der Waals surface area contributed by atoms with Crippen molar-refractivity contribution >= 4 is 28.3 Å². The third-order valence-corrected chi connectivity index (χ3v) is 4.77. The van der Waals surface area contributed by atoms with Crippen LogP contribution in [0.4, 0.5) is 11.1 Å². The van der Waals surface area contributed by atoms with Gasteiger partial charge in [0.25, 0.3) is 0 Å². The summed E-state index contributed by atoms with van der Waals surface area (Å²) in [6.07, 6.45) is 1.85. The molecule has 0 unspecified atom stereocenters. The first-order valence-corrected chi connectivity index (χ1v) is 8.69. The van der Waals surface area contributed by atoms with Crippen LogP contribution in [0, 0.1) is 26.7 Å². The number of carbonyl (C=O) groups excluding carboxylic acids is 1. The molecule has 122 valence electrons. The van der Waals surface area contributed by atoms with Crippen molar-refractivity contribution in [2.45, 2.75) is 33.6 Å². The quantitative estimate of drug-likeness (QED) is 0.936. The zero-order chi connectivity index (χ0) is 16.4. The highest BCUT2D eigenvalue weighted by Crippen LogP contribution is 2.23. The molecule has 0 spiro atoms. The molecule has 3 rings (SSSR count). The SMILES string of the molecule is Cc1cc(C)nc(N2CCC[C@@H](C(=O)Nc3nc(C)cs3)C2)n1. The third-order valence-electron chi connectivity index (χ3n) is 3.89. The summed E-state index contributed by atoms with van der Waals surface area (Å²) >= 11 is 1.46. The van der Waals surface area contributed by atoms with Gasteiger partial charge in [-0.25, -0.2) is 15.0 Å². The van der Waals surface area contributed by atoms with E-state index in [0.29, 0.717) is 11.7 Å². The highest BCUT2D eigenvalue weighted by molar-refractivity contribution is 7.13. The van der Waals surface area contributed by atoms with Crippen LogP contribution in [0.1, 0.15) is 29.9 Å². The standard InChI is InChI=1S/C16H21N5OS/c1-10-7-11(2)18-15(17-10)21-6-4-5-13(8-21)14(22)20-16-19-12(3)9-23-16/h7,9,13H,4-6,8H2,1-3H3,(H,19,20,22)/t13-/m1/s1.